The predicted octanol–water partition coefficient (Wildman–Crippen LogP) is 2.58. The molecule has 1 N–H and O–H groups in total. The molecule has 0 bridgehead atoms. The van der Waals surface area contributed by atoms with E-state index in [1.165, 1.54) is 0 Å². The average molecular weight is 347 g/mol. The van der Waals surface area contributed by atoms with E-state index in [1.54, 1.807) is 25.1 Å². The van der Waals surface area contributed by atoms with Crippen LogP contribution in [0.25, 0.3) is 0 Å². The Bertz CT molecular complexity index is 644. The number of rotatable bonds is 6. The molecule has 0 saturated heterocycles. The minimum atomic E-state index is -3.59. The lowest BCUT2D eigenvalue weighted by Gasteiger charge is -2.25. The molecular formula is C15H23ClN2O3S. The van der Waals surface area contributed by atoms with Gasteiger partial charge in [-0.1, -0.05) is 31.5 Å². The number of anilines is 1. The molecule has 0 spiro atoms. The second-order valence-corrected chi connectivity index (χ2v) is 8.07. The van der Waals surface area contributed by atoms with Crippen molar-refractivity contribution in [3.05, 3.63) is 28.8 Å². The molecule has 0 radical (unpaired) electrons. The highest BCUT2D eigenvalue weighted by molar-refractivity contribution is 7.92. The minimum Gasteiger partial charge on any atom is -0.352 e. The van der Waals surface area contributed by atoms with Gasteiger partial charge in [0.25, 0.3) is 0 Å². The van der Waals surface area contributed by atoms with Gasteiger partial charge < -0.3 is 5.32 Å². The van der Waals surface area contributed by atoms with Crippen molar-refractivity contribution >= 4 is 33.2 Å². The zero-order valence-corrected chi connectivity index (χ0v) is 15.1. The standard InChI is InChI=1S/C15H23ClN2O3S/c1-10(2)12(4)17-15(19)9-18(22(5,20)21)14-8-6-7-13(16)11(14)3/h6-8,10,12H,9H2,1-5H3,(H,17,19). The van der Waals surface area contributed by atoms with Crippen molar-refractivity contribution in [2.24, 2.45) is 5.92 Å². The third-order valence-electron chi connectivity index (χ3n) is 3.58. The van der Waals surface area contributed by atoms with E-state index in [0.29, 0.717) is 16.3 Å². The van der Waals surface area contributed by atoms with Gasteiger partial charge in [-0.25, -0.2) is 8.42 Å². The van der Waals surface area contributed by atoms with E-state index in [0.717, 1.165) is 10.6 Å². The molecule has 0 aromatic heterocycles. The highest BCUT2D eigenvalue weighted by Gasteiger charge is 2.24. The van der Waals surface area contributed by atoms with Crippen molar-refractivity contribution in [3.63, 3.8) is 0 Å². The highest BCUT2D eigenvalue weighted by atomic mass is 35.5. The van der Waals surface area contributed by atoms with Crippen LogP contribution in [-0.4, -0.2) is 33.2 Å². The maximum atomic E-state index is 12.1. The van der Waals surface area contributed by atoms with Crippen molar-refractivity contribution < 1.29 is 13.2 Å². The van der Waals surface area contributed by atoms with E-state index < -0.39 is 10.0 Å². The maximum absolute atomic E-state index is 12.1. The summed E-state index contributed by atoms with van der Waals surface area (Å²) in [6.45, 7) is 7.32. The number of carbonyl (C=O) groups is 1. The second-order valence-electron chi connectivity index (χ2n) is 5.75. The van der Waals surface area contributed by atoms with Crippen LogP contribution >= 0.6 is 11.6 Å². The van der Waals surface area contributed by atoms with Gasteiger partial charge in [-0.3, -0.25) is 9.10 Å². The Hall–Kier alpha value is -1.27. The Labute approximate surface area is 137 Å². The first-order valence-corrected chi connectivity index (χ1v) is 9.29. The van der Waals surface area contributed by atoms with E-state index in [4.69, 9.17) is 11.6 Å². The van der Waals surface area contributed by atoms with Crippen LogP contribution in [0.1, 0.15) is 26.3 Å². The van der Waals surface area contributed by atoms with Gasteiger partial charge >= 0.3 is 0 Å². The summed E-state index contributed by atoms with van der Waals surface area (Å²) in [5.74, 6) is -0.0745. The Kier molecular flexibility index (Phi) is 6.26. The molecule has 0 fully saturated rings. The number of benzene rings is 1. The molecule has 1 rings (SSSR count). The van der Waals surface area contributed by atoms with Crippen LogP contribution in [0.4, 0.5) is 5.69 Å². The fraction of sp³-hybridized carbons (Fsp3) is 0.533. The van der Waals surface area contributed by atoms with Gasteiger partial charge in [0, 0.05) is 11.1 Å². The molecule has 1 unspecified atom stereocenters. The van der Waals surface area contributed by atoms with E-state index in [2.05, 4.69) is 5.32 Å². The number of nitrogens with one attached hydrogen (secondary N) is 1. The number of hydrogen-bond donors (Lipinski definition) is 1. The SMILES string of the molecule is Cc1c(Cl)cccc1N(CC(=O)NC(C)C(C)C)S(C)(=O)=O. The van der Waals surface area contributed by atoms with Crippen LogP contribution in [0.15, 0.2) is 18.2 Å². The predicted molar refractivity (Wildman–Crippen MR) is 90.8 cm³/mol. The first-order chi connectivity index (χ1) is 10.0. The van der Waals surface area contributed by atoms with Gasteiger partial charge in [0.15, 0.2) is 0 Å². The first kappa shape index (κ1) is 18.8. The molecule has 0 aliphatic heterocycles. The molecule has 0 saturated carbocycles. The average Bonchev–Trinajstić information content (AvgIpc) is 2.38. The first-order valence-electron chi connectivity index (χ1n) is 7.06. The third-order valence-corrected chi connectivity index (χ3v) is 5.12. The van der Waals surface area contributed by atoms with Gasteiger partial charge in [-0.05, 0) is 37.5 Å². The Morgan fingerprint density at radius 3 is 2.41 bits per heavy atom. The Morgan fingerprint density at radius 1 is 1.32 bits per heavy atom. The molecule has 1 amide bonds. The monoisotopic (exact) mass is 346 g/mol. The minimum absolute atomic E-state index is 0.0330. The van der Waals surface area contributed by atoms with Crippen LogP contribution in [0.3, 0.4) is 0 Å². The molecule has 124 valence electrons. The van der Waals surface area contributed by atoms with E-state index in [1.807, 2.05) is 20.8 Å². The fourth-order valence-corrected chi connectivity index (χ4v) is 2.92. The lowest BCUT2D eigenvalue weighted by molar-refractivity contribution is -0.120. The molecule has 0 heterocycles. The number of hydrogen-bond acceptors (Lipinski definition) is 3. The van der Waals surface area contributed by atoms with Crippen molar-refractivity contribution in [2.75, 3.05) is 17.1 Å². The van der Waals surface area contributed by atoms with Gasteiger partial charge in [-0.2, -0.15) is 0 Å². The molecule has 0 aliphatic carbocycles. The largest absolute Gasteiger partial charge is 0.352 e. The topological polar surface area (TPSA) is 66.5 Å². The summed E-state index contributed by atoms with van der Waals surface area (Å²) >= 11 is 6.05. The number of amides is 1. The Morgan fingerprint density at radius 2 is 1.91 bits per heavy atom. The lowest BCUT2D eigenvalue weighted by atomic mass is 10.1. The zero-order valence-electron chi connectivity index (χ0n) is 13.6. The summed E-state index contributed by atoms with van der Waals surface area (Å²) in [7, 11) is -3.59. The molecule has 1 aromatic rings. The summed E-state index contributed by atoms with van der Waals surface area (Å²) in [4.78, 5) is 12.1. The Balaban J connectivity index is 3.06. The normalized spacial score (nSPS) is 13.0. The smallest absolute Gasteiger partial charge is 0.240 e. The second kappa shape index (κ2) is 7.33. The fourth-order valence-electron chi connectivity index (χ4n) is 1.84. The van der Waals surface area contributed by atoms with Crippen molar-refractivity contribution in [3.8, 4) is 0 Å². The van der Waals surface area contributed by atoms with E-state index in [-0.39, 0.29) is 24.4 Å². The van der Waals surface area contributed by atoms with Gasteiger partial charge in [0.2, 0.25) is 15.9 Å². The van der Waals surface area contributed by atoms with E-state index in [9.17, 15) is 13.2 Å². The van der Waals surface area contributed by atoms with Gasteiger partial charge in [0.05, 0.1) is 11.9 Å². The van der Waals surface area contributed by atoms with Crippen molar-refractivity contribution in [1.82, 2.24) is 5.32 Å². The molecule has 7 heteroatoms. The summed E-state index contributed by atoms with van der Waals surface area (Å²) in [6.07, 6.45) is 1.08. The zero-order chi connectivity index (χ0) is 17.1. The number of carbonyl (C=O) groups excluding carboxylic acids is 1. The molecule has 22 heavy (non-hydrogen) atoms. The van der Waals surface area contributed by atoms with Crippen LogP contribution in [0.2, 0.25) is 5.02 Å². The summed E-state index contributed by atoms with van der Waals surface area (Å²) in [5.41, 5.74) is 1.04. The summed E-state index contributed by atoms with van der Waals surface area (Å²) in [6, 6.07) is 4.95. The summed E-state index contributed by atoms with van der Waals surface area (Å²) < 4.78 is 25.2. The summed E-state index contributed by atoms with van der Waals surface area (Å²) in [5, 5.41) is 3.27. The lowest BCUT2D eigenvalue weighted by Crippen LogP contribution is -2.44. The maximum Gasteiger partial charge on any atom is 0.240 e. The van der Waals surface area contributed by atoms with Crippen molar-refractivity contribution in [1.29, 1.82) is 0 Å². The molecular weight excluding hydrogens is 324 g/mol. The van der Waals surface area contributed by atoms with E-state index >= 15 is 0 Å². The number of halogens is 1. The van der Waals surface area contributed by atoms with Crippen LogP contribution in [-0.2, 0) is 14.8 Å². The molecule has 1 aromatic carbocycles. The molecule has 5 nitrogen and oxygen atoms in total. The van der Waals surface area contributed by atoms with Crippen molar-refractivity contribution in [2.45, 2.75) is 33.7 Å². The third kappa shape index (κ3) is 4.88. The van der Waals surface area contributed by atoms with Gasteiger partial charge in [0.1, 0.15) is 6.54 Å². The van der Waals surface area contributed by atoms with Crippen LogP contribution in [0.5, 0.6) is 0 Å². The quantitative estimate of drug-likeness (QED) is 0.860. The number of sulfonamides is 1. The number of nitrogens with zero attached hydrogens (tertiary/aromatic N) is 1. The molecule has 1 atom stereocenters. The highest BCUT2D eigenvalue weighted by Crippen LogP contribution is 2.27. The van der Waals surface area contributed by atoms with Crippen LogP contribution < -0.4 is 9.62 Å². The van der Waals surface area contributed by atoms with Gasteiger partial charge in [-0.15, -0.1) is 0 Å². The molecule has 0 aliphatic rings. The van der Waals surface area contributed by atoms with Crippen LogP contribution in [0, 0.1) is 12.8 Å².